The lowest BCUT2D eigenvalue weighted by molar-refractivity contribution is -0.121. The van der Waals surface area contributed by atoms with Crippen molar-refractivity contribution in [2.24, 2.45) is 0 Å². The van der Waals surface area contributed by atoms with Crippen LogP contribution in [0.25, 0.3) is 0 Å². The van der Waals surface area contributed by atoms with E-state index in [-0.39, 0.29) is 19.2 Å². The van der Waals surface area contributed by atoms with E-state index in [1.165, 1.54) is 7.11 Å². The minimum atomic E-state index is -0.616. The molecule has 0 aliphatic rings. The number of carbonyl (C=O) groups is 2. The van der Waals surface area contributed by atoms with E-state index in [1.54, 1.807) is 20.8 Å². The van der Waals surface area contributed by atoms with Crippen LogP contribution < -0.4 is 10.6 Å². The highest BCUT2D eigenvalue weighted by molar-refractivity contribution is 5.82. The van der Waals surface area contributed by atoms with Gasteiger partial charge < -0.3 is 20.1 Å². The monoisotopic (exact) mass is 218 g/mol. The number of methoxy groups -OCH3 is 1. The quantitative estimate of drug-likeness (QED) is 0.662. The van der Waals surface area contributed by atoms with Gasteiger partial charge in [0.15, 0.2) is 0 Å². The minimum Gasteiger partial charge on any atom is -0.444 e. The van der Waals surface area contributed by atoms with Crippen molar-refractivity contribution in [1.82, 2.24) is 10.6 Å². The predicted molar refractivity (Wildman–Crippen MR) is 54.3 cm³/mol. The van der Waals surface area contributed by atoms with Crippen molar-refractivity contribution in [3.05, 3.63) is 0 Å². The van der Waals surface area contributed by atoms with Crippen LogP contribution in [0.4, 0.5) is 4.79 Å². The molecule has 0 aromatic rings. The molecule has 0 saturated heterocycles. The van der Waals surface area contributed by atoms with Crippen LogP contribution in [0.5, 0.6) is 0 Å². The number of amides is 2. The SMILES string of the molecule is COCNC(=O)CNC(=O)OC(C)(C)C. The highest BCUT2D eigenvalue weighted by Crippen LogP contribution is 2.05. The molecule has 0 aliphatic carbocycles. The van der Waals surface area contributed by atoms with Crippen molar-refractivity contribution in [2.45, 2.75) is 26.4 Å². The third-order valence-corrected chi connectivity index (χ3v) is 1.21. The number of alkyl carbamates (subject to hydrolysis) is 1. The van der Waals surface area contributed by atoms with E-state index in [0.29, 0.717) is 0 Å². The van der Waals surface area contributed by atoms with Crippen molar-refractivity contribution in [3.8, 4) is 0 Å². The molecule has 0 aromatic heterocycles. The topological polar surface area (TPSA) is 76.7 Å². The summed E-state index contributed by atoms with van der Waals surface area (Å²) in [4.78, 5) is 22.1. The molecule has 0 fully saturated rings. The molecule has 2 amide bonds. The molecule has 0 spiro atoms. The Balaban J connectivity index is 3.67. The maximum Gasteiger partial charge on any atom is 0.408 e. The van der Waals surface area contributed by atoms with Gasteiger partial charge in [-0.3, -0.25) is 4.79 Å². The molecule has 6 heteroatoms. The smallest absolute Gasteiger partial charge is 0.408 e. The fourth-order valence-electron chi connectivity index (χ4n) is 0.682. The van der Waals surface area contributed by atoms with Crippen molar-refractivity contribution >= 4 is 12.0 Å². The summed E-state index contributed by atoms with van der Waals surface area (Å²) < 4.78 is 9.56. The molecule has 15 heavy (non-hydrogen) atoms. The molecule has 0 aromatic carbocycles. The van der Waals surface area contributed by atoms with Gasteiger partial charge in [0.1, 0.15) is 18.9 Å². The Morgan fingerprint density at radius 2 is 1.80 bits per heavy atom. The van der Waals surface area contributed by atoms with Crippen LogP contribution in [-0.2, 0) is 14.3 Å². The summed E-state index contributed by atoms with van der Waals surface area (Å²) in [6.07, 6.45) is -0.616. The van der Waals surface area contributed by atoms with Gasteiger partial charge in [0.25, 0.3) is 0 Å². The molecule has 0 radical (unpaired) electrons. The number of carbonyl (C=O) groups excluding carboxylic acids is 2. The van der Waals surface area contributed by atoms with E-state index in [0.717, 1.165) is 0 Å². The first-order valence-corrected chi connectivity index (χ1v) is 4.57. The Kier molecular flexibility index (Phi) is 5.69. The fourth-order valence-corrected chi connectivity index (χ4v) is 0.682. The maximum atomic E-state index is 11.1. The van der Waals surface area contributed by atoms with Crippen LogP contribution in [0.15, 0.2) is 0 Å². The van der Waals surface area contributed by atoms with Crippen LogP contribution in [-0.4, -0.2) is 38.0 Å². The van der Waals surface area contributed by atoms with Crippen molar-refractivity contribution in [3.63, 3.8) is 0 Å². The third kappa shape index (κ3) is 9.01. The molecule has 0 unspecified atom stereocenters. The van der Waals surface area contributed by atoms with Gasteiger partial charge >= 0.3 is 6.09 Å². The van der Waals surface area contributed by atoms with E-state index in [9.17, 15) is 9.59 Å². The van der Waals surface area contributed by atoms with Gasteiger partial charge in [0.05, 0.1) is 0 Å². The summed E-state index contributed by atoms with van der Waals surface area (Å²) in [5, 5.41) is 4.74. The average molecular weight is 218 g/mol. The summed E-state index contributed by atoms with van der Waals surface area (Å²) >= 11 is 0. The van der Waals surface area contributed by atoms with Crippen molar-refractivity contribution in [1.29, 1.82) is 0 Å². The van der Waals surface area contributed by atoms with E-state index in [4.69, 9.17) is 4.74 Å². The molecule has 0 heterocycles. The number of ether oxygens (including phenoxy) is 2. The first-order valence-electron chi connectivity index (χ1n) is 4.57. The van der Waals surface area contributed by atoms with Gasteiger partial charge in [-0.2, -0.15) is 0 Å². The Labute approximate surface area is 89.3 Å². The maximum absolute atomic E-state index is 11.1. The third-order valence-electron chi connectivity index (χ3n) is 1.21. The van der Waals surface area contributed by atoms with Gasteiger partial charge in [-0.15, -0.1) is 0 Å². The average Bonchev–Trinajstić information content (AvgIpc) is 2.08. The molecule has 6 nitrogen and oxygen atoms in total. The number of rotatable bonds is 4. The number of hydrogen-bond acceptors (Lipinski definition) is 4. The second-order valence-corrected chi connectivity index (χ2v) is 3.89. The largest absolute Gasteiger partial charge is 0.444 e. The van der Waals surface area contributed by atoms with Crippen LogP contribution >= 0.6 is 0 Å². The van der Waals surface area contributed by atoms with Crippen LogP contribution in [0.3, 0.4) is 0 Å². The molecule has 0 bridgehead atoms. The van der Waals surface area contributed by atoms with Gasteiger partial charge in [0.2, 0.25) is 5.91 Å². The molecule has 2 N–H and O–H groups in total. The Bertz CT molecular complexity index is 223. The van der Waals surface area contributed by atoms with Gasteiger partial charge in [-0.05, 0) is 20.8 Å². The van der Waals surface area contributed by atoms with E-state index >= 15 is 0 Å². The first kappa shape index (κ1) is 13.7. The lowest BCUT2D eigenvalue weighted by Crippen LogP contribution is -2.40. The van der Waals surface area contributed by atoms with Crippen LogP contribution in [0.2, 0.25) is 0 Å². The van der Waals surface area contributed by atoms with E-state index in [2.05, 4.69) is 15.4 Å². The summed E-state index contributed by atoms with van der Waals surface area (Å²) in [5.41, 5.74) is -0.562. The van der Waals surface area contributed by atoms with Crippen LogP contribution in [0.1, 0.15) is 20.8 Å². The molecule has 0 rings (SSSR count). The van der Waals surface area contributed by atoms with Crippen LogP contribution in [0, 0.1) is 0 Å². The second-order valence-electron chi connectivity index (χ2n) is 3.89. The lowest BCUT2D eigenvalue weighted by atomic mass is 10.2. The summed E-state index contributed by atoms with van der Waals surface area (Å²) in [6, 6.07) is 0. The molecule has 88 valence electrons. The first-order chi connectivity index (χ1) is 6.85. The number of nitrogens with one attached hydrogen (secondary N) is 2. The Morgan fingerprint density at radius 1 is 1.20 bits per heavy atom. The highest BCUT2D eigenvalue weighted by atomic mass is 16.6. The van der Waals surface area contributed by atoms with E-state index in [1.807, 2.05) is 0 Å². The number of hydrogen-bond donors (Lipinski definition) is 2. The highest BCUT2D eigenvalue weighted by Gasteiger charge is 2.16. The van der Waals surface area contributed by atoms with Crippen molar-refractivity contribution in [2.75, 3.05) is 20.4 Å². The van der Waals surface area contributed by atoms with Gasteiger partial charge in [0, 0.05) is 7.11 Å². The zero-order chi connectivity index (χ0) is 11.9. The lowest BCUT2D eigenvalue weighted by Gasteiger charge is -2.19. The molecular formula is C9H18N2O4. The standard InChI is InChI=1S/C9H18N2O4/c1-9(2,3)15-8(13)10-5-7(12)11-6-14-4/h5-6H2,1-4H3,(H,10,13)(H,11,12). The van der Waals surface area contributed by atoms with E-state index < -0.39 is 11.7 Å². The second kappa shape index (κ2) is 6.23. The van der Waals surface area contributed by atoms with Gasteiger partial charge in [-0.1, -0.05) is 0 Å². The minimum absolute atomic E-state index is 0.120. The summed E-state index contributed by atoms with van der Waals surface area (Å²) in [7, 11) is 1.46. The van der Waals surface area contributed by atoms with Gasteiger partial charge in [-0.25, -0.2) is 4.79 Å². The summed E-state index contributed by atoms with van der Waals surface area (Å²) in [5.74, 6) is -0.331. The summed E-state index contributed by atoms with van der Waals surface area (Å²) in [6.45, 7) is 5.24. The van der Waals surface area contributed by atoms with Crippen molar-refractivity contribution < 1.29 is 19.1 Å². The molecule has 0 aliphatic heterocycles. The molecular weight excluding hydrogens is 200 g/mol. The Hall–Kier alpha value is -1.30. The fraction of sp³-hybridized carbons (Fsp3) is 0.778. The zero-order valence-corrected chi connectivity index (χ0v) is 9.55. The Morgan fingerprint density at radius 3 is 2.27 bits per heavy atom. The predicted octanol–water partition coefficient (Wildman–Crippen LogP) is 0.231. The normalized spacial score (nSPS) is 10.7. The zero-order valence-electron chi connectivity index (χ0n) is 9.55. The molecule has 0 atom stereocenters. The molecule has 0 saturated carbocycles.